The van der Waals surface area contributed by atoms with E-state index in [0.29, 0.717) is 18.7 Å². The quantitative estimate of drug-likeness (QED) is 0.896. The molecule has 0 saturated carbocycles. The minimum absolute atomic E-state index is 0. The van der Waals surface area contributed by atoms with Crippen molar-refractivity contribution in [1.82, 2.24) is 4.90 Å². The zero-order chi connectivity index (χ0) is 14.0. The summed E-state index contributed by atoms with van der Waals surface area (Å²) >= 11 is 5.76. The second-order valence-electron chi connectivity index (χ2n) is 4.98. The van der Waals surface area contributed by atoms with E-state index in [9.17, 15) is 13.2 Å². The smallest absolute Gasteiger partial charge is 0.327 e. The molecular weight excluding hydrogens is 312 g/mol. The van der Waals surface area contributed by atoms with Gasteiger partial charge >= 0.3 is 6.18 Å². The Hall–Kier alpha value is -0.490. The molecule has 0 amide bonds. The lowest BCUT2D eigenvalue weighted by Crippen LogP contribution is -2.42. The number of likely N-dealkylation sites (tertiary alicyclic amines) is 1. The van der Waals surface area contributed by atoms with E-state index in [1.165, 1.54) is 0 Å². The molecule has 1 aromatic rings. The highest BCUT2D eigenvalue weighted by Gasteiger charge is 2.31. The summed E-state index contributed by atoms with van der Waals surface area (Å²) in [6.07, 6.45) is -2.41. The molecule has 2 nitrogen and oxygen atoms in total. The number of benzene rings is 1. The Balaban J connectivity index is 0.00000200. The molecule has 1 atom stereocenters. The molecule has 1 saturated heterocycles. The highest BCUT2D eigenvalue weighted by atomic mass is 35.5. The second kappa shape index (κ2) is 6.98. The van der Waals surface area contributed by atoms with E-state index >= 15 is 0 Å². The zero-order valence-electron chi connectivity index (χ0n) is 10.8. The zero-order valence-corrected chi connectivity index (χ0v) is 12.4. The van der Waals surface area contributed by atoms with Gasteiger partial charge in [-0.05, 0) is 43.1 Å². The number of nitrogens with zero attached hydrogens (tertiary/aromatic N) is 1. The van der Waals surface area contributed by atoms with Gasteiger partial charge < -0.3 is 5.73 Å². The third-order valence-corrected chi connectivity index (χ3v) is 3.45. The van der Waals surface area contributed by atoms with E-state index in [1.54, 1.807) is 6.07 Å². The highest BCUT2D eigenvalue weighted by Crippen LogP contribution is 2.32. The third-order valence-electron chi connectivity index (χ3n) is 3.23. The van der Waals surface area contributed by atoms with E-state index in [-0.39, 0.29) is 23.5 Å². The van der Waals surface area contributed by atoms with Gasteiger partial charge in [0, 0.05) is 24.2 Å². The molecular formula is C13H17Cl2F3N2. The molecule has 114 valence electrons. The van der Waals surface area contributed by atoms with E-state index in [1.807, 2.05) is 0 Å². The maximum atomic E-state index is 12.7. The summed E-state index contributed by atoms with van der Waals surface area (Å²) in [5.41, 5.74) is 5.74. The summed E-state index contributed by atoms with van der Waals surface area (Å²) in [6.45, 7) is 2.03. The van der Waals surface area contributed by atoms with Gasteiger partial charge in [-0.1, -0.05) is 11.6 Å². The van der Waals surface area contributed by atoms with Gasteiger partial charge in [-0.25, -0.2) is 0 Å². The second-order valence-corrected chi connectivity index (χ2v) is 5.42. The fraction of sp³-hybridized carbons (Fsp3) is 0.538. The van der Waals surface area contributed by atoms with Crippen LogP contribution in [0.25, 0.3) is 0 Å². The Bertz CT molecular complexity index is 452. The van der Waals surface area contributed by atoms with Crippen LogP contribution in [-0.4, -0.2) is 24.0 Å². The first kappa shape index (κ1) is 17.6. The first-order valence-corrected chi connectivity index (χ1v) is 6.57. The summed E-state index contributed by atoms with van der Waals surface area (Å²) in [4.78, 5) is 2.07. The van der Waals surface area contributed by atoms with Crippen LogP contribution in [0.3, 0.4) is 0 Å². The van der Waals surface area contributed by atoms with Gasteiger partial charge in [0.1, 0.15) is 0 Å². The molecule has 2 rings (SSSR count). The molecule has 2 N–H and O–H groups in total. The maximum absolute atomic E-state index is 12.7. The molecule has 1 aliphatic rings. The summed E-state index contributed by atoms with van der Waals surface area (Å²) in [5.74, 6) is 0. The molecule has 1 heterocycles. The first-order valence-electron chi connectivity index (χ1n) is 6.19. The molecule has 0 aliphatic carbocycles. The van der Waals surface area contributed by atoms with Gasteiger partial charge in [0.05, 0.1) is 5.56 Å². The van der Waals surface area contributed by atoms with Crippen LogP contribution in [0.2, 0.25) is 5.02 Å². The van der Waals surface area contributed by atoms with Crippen molar-refractivity contribution >= 4 is 24.0 Å². The molecule has 0 spiro atoms. The van der Waals surface area contributed by atoms with Crippen LogP contribution in [0.1, 0.15) is 24.0 Å². The van der Waals surface area contributed by atoms with Crippen LogP contribution in [0.15, 0.2) is 18.2 Å². The molecule has 1 fully saturated rings. The van der Waals surface area contributed by atoms with Gasteiger partial charge in [-0.3, -0.25) is 4.90 Å². The summed E-state index contributed by atoms with van der Waals surface area (Å²) in [7, 11) is 0. The van der Waals surface area contributed by atoms with Crippen molar-refractivity contribution in [2.24, 2.45) is 5.73 Å². The van der Waals surface area contributed by atoms with Gasteiger partial charge in [0.25, 0.3) is 0 Å². The lowest BCUT2D eigenvalue weighted by molar-refractivity contribution is -0.137. The highest BCUT2D eigenvalue weighted by molar-refractivity contribution is 6.30. The lowest BCUT2D eigenvalue weighted by Gasteiger charge is -2.30. The average Bonchev–Trinajstić information content (AvgIpc) is 2.26. The summed E-state index contributed by atoms with van der Waals surface area (Å²) < 4.78 is 38.1. The van der Waals surface area contributed by atoms with Crippen LogP contribution in [0, 0.1) is 0 Å². The van der Waals surface area contributed by atoms with Crippen LogP contribution in [0.5, 0.6) is 0 Å². The summed E-state index contributed by atoms with van der Waals surface area (Å²) in [5, 5.41) is 0.117. The molecule has 1 unspecified atom stereocenters. The van der Waals surface area contributed by atoms with Crippen molar-refractivity contribution < 1.29 is 13.2 Å². The molecule has 0 radical (unpaired) electrons. The maximum Gasteiger partial charge on any atom is 0.416 e. The molecule has 0 bridgehead atoms. The Kier molecular flexibility index (Phi) is 6.13. The number of rotatable bonds is 2. The van der Waals surface area contributed by atoms with Gasteiger partial charge in [0.2, 0.25) is 0 Å². The largest absolute Gasteiger partial charge is 0.416 e. The van der Waals surface area contributed by atoms with Crippen LogP contribution in [-0.2, 0) is 12.7 Å². The number of halogens is 5. The number of piperidine rings is 1. The Morgan fingerprint density at radius 3 is 2.60 bits per heavy atom. The van der Waals surface area contributed by atoms with Crippen molar-refractivity contribution in [1.29, 1.82) is 0 Å². The van der Waals surface area contributed by atoms with Crippen molar-refractivity contribution in [3.63, 3.8) is 0 Å². The van der Waals surface area contributed by atoms with E-state index in [0.717, 1.165) is 31.5 Å². The Labute approximate surface area is 127 Å². The number of alkyl halides is 3. The van der Waals surface area contributed by atoms with Crippen molar-refractivity contribution in [2.45, 2.75) is 31.6 Å². The predicted octanol–water partition coefficient (Wildman–Crippen LogP) is 3.70. The van der Waals surface area contributed by atoms with Crippen molar-refractivity contribution in [3.8, 4) is 0 Å². The number of nitrogens with two attached hydrogens (primary N) is 1. The lowest BCUT2D eigenvalue weighted by atomic mass is 10.0. The SMILES string of the molecule is Cl.NC1CCCN(Cc2cc(Cl)cc(C(F)(F)F)c2)C1. The minimum Gasteiger partial charge on any atom is -0.327 e. The Morgan fingerprint density at radius 2 is 2.00 bits per heavy atom. The molecule has 7 heteroatoms. The standard InChI is InChI=1S/C13H16ClF3N2.ClH/c14-11-5-9(4-10(6-11)13(15,16)17)7-19-3-1-2-12(18)8-19;/h4-6,12H,1-3,7-8,18H2;1H. The minimum atomic E-state index is -4.36. The monoisotopic (exact) mass is 328 g/mol. The summed E-state index contributed by atoms with van der Waals surface area (Å²) in [6, 6.07) is 3.80. The fourth-order valence-corrected chi connectivity index (χ4v) is 2.66. The normalized spacial score (nSPS) is 20.6. The molecule has 1 aromatic carbocycles. The van der Waals surface area contributed by atoms with E-state index in [4.69, 9.17) is 17.3 Å². The van der Waals surface area contributed by atoms with E-state index < -0.39 is 11.7 Å². The Morgan fingerprint density at radius 1 is 1.30 bits per heavy atom. The van der Waals surface area contributed by atoms with Crippen LogP contribution < -0.4 is 5.73 Å². The van der Waals surface area contributed by atoms with Crippen molar-refractivity contribution in [3.05, 3.63) is 34.3 Å². The molecule has 20 heavy (non-hydrogen) atoms. The molecule has 0 aromatic heterocycles. The average molecular weight is 329 g/mol. The fourth-order valence-electron chi connectivity index (χ4n) is 2.40. The van der Waals surface area contributed by atoms with Gasteiger partial charge in [0.15, 0.2) is 0 Å². The number of hydrogen-bond donors (Lipinski definition) is 1. The van der Waals surface area contributed by atoms with Gasteiger partial charge in [-0.15, -0.1) is 12.4 Å². The first-order chi connectivity index (χ1) is 8.84. The topological polar surface area (TPSA) is 29.3 Å². The molecule has 1 aliphatic heterocycles. The van der Waals surface area contributed by atoms with Crippen molar-refractivity contribution in [2.75, 3.05) is 13.1 Å². The van der Waals surface area contributed by atoms with Crippen LogP contribution in [0.4, 0.5) is 13.2 Å². The van der Waals surface area contributed by atoms with Crippen LogP contribution >= 0.6 is 24.0 Å². The van der Waals surface area contributed by atoms with E-state index in [2.05, 4.69) is 4.90 Å². The number of hydrogen-bond acceptors (Lipinski definition) is 2. The third kappa shape index (κ3) is 4.81. The van der Waals surface area contributed by atoms with Gasteiger partial charge in [-0.2, -0.15) is 13.2 Å². The predicted molar refractivity (Wildman–Crippen MR) is 76.2 cm³/mol.